The van der Waals surface area contributed by atoms with E-state index in [1.165, 1.54) is 14.0 Å². The molecule has 3 aromatic rings. The van der Waals surface area contributed by atoms with Crippen LogP contribution in [0.2, 0.25) is 0 Å². The number of hydrogen-bond acceptors (Lipinski definition) is 6. The molecule has 3 amide bonds. The monoisotopic (exact) mass is 571 g/mol. The molecule has 9 nitrogen and oxygen atoms in total. The van der Waals surface area contributed by atoms with E-state index < -0.39 is 29.6 Å². The number of methoxy groups -OCH3 is 1. The maximum Gasteiger partial charge on any atom is 0.243 e. The second-order valence-electron chi connectivity index (χ2n) is 10.3. The van der Waals surface area contributed by atoms with Gasteiger partial charge in [-0.1, -0.05) is 74.5 Å². The Bertz CT molecular complexity index is 1370. The van der Waals surface area contributed by atoms with E-state index in [4.69, 9.17) is 4.74 Å². The van der Waals surface area contributed by atoms with E-state index in [2.05, 4.69) is 16.0 Å². The number of Topliss-reactive ketones (excluding diaryl/α,β-unsaturated/α-hetero) is 2. The number of nitrogens with one attached hydrogen (secondary N) is 3. The molecule has 0 fully saturated rings. The molecule has 0 bridgehead atoms. The highest BCUT2D eigenvalue weighted by atomic mass is 16.5. The summed E-state index contributed by atoms with van der Waals surface area (Å²) in [4.78, 5) is 63.3. The summed E-state index contributed by atoms with van der Waals surface area (Å²) in [5.74, 6) is -2.23. The van der Waals surface area contributed by atoms with Crippen molar-refractivity contribution in [2.75, 3.05) is 20.2 Å². The largest absolute Gasteiger partial charge is 0.496 e. The Labute approximate surface area is 246 Å². The van der Waals surface area contributed by atoms with Gasteiger partial charge in [-0.3, -0.25) is 24.0 Å². The van der Waals surface area contributed by atoms with Crippen molar-refractivity contribution in [3.05, 3.63) is 101 Å². The third-order valence-electron chi connectivity index (χ3n) is 6.75. The Kier molecular flexibility index (Phi) is 11.5. The number of hydrogen-bond donors (Lipinski definition) is 3. The number of carbonyl (C=O) groups is 5. The van der Waals surface area contributed by atoms with E-state index in [0.717, 1.165) is 11.1 Å². The van der Waals surface area contributed by atoms with Crippen LogP contribution in [0.5, 0.6) is 5.75 Å². The highest BCUT2D eigenvalue weighted by Gasteiger charge is 2.26. The van der Waals surface area contributed by atoms with Crippen molar-refractivity contribution >= 4 is 29.3 Å². The quantitative estimate of drug-likeness (QED) is 0.255. The number of ether oxygens (including phenoxy) is 1. The number of carbonyl (C=O) groups excluding carboxylic acids is 5. The Morgan fingerprint density at radius 3 is 1.81 bits per heavy atom. The summed E-state index contributed by atoms with van der Waals surface area (Å²) in [7, 11) is 1.47. The number of rotatable bonds is 14. The van der Waals surface area contributed by atoms with Crippen molar-refractivity contribution in [3.63, 3.8) is 0 Å². The van der Waals surface area contributed by atoms with Gasteiger partial charge in [0.2, 0.25) is 17.7 Å². The zero-order valence-corrected chi connectivity index (χ0v) is 24.3. The fourth-order valence-electron chi connectivity index (χ4n) is 4.50. The van der Waals surface area contributed by atoms with Gasteiger partial charge in [0.25, 0.3) is 0 Å². The fourth-order valence-corrected chi connectivity index (χ4v) is 4.50. The average molecular weight is 572 g/mol. The summed E-state index contributed by atoms with van der Waals surface area (Å²) >= 11 is 0. The van der Waals surface area contributed by atoms with Crippen LogP contribution in [-0.2, 0) is 25.6 Å². The van der Waals surface area contributed by atoms with Crippen molar-refractivity contribution in [3.8, 4) is 5.75 Å². The molecule has 0 aliphatic carbocycles. The molecule has 42 heavy (non-hydrogen) atoms. The van der Waals surface area contributed by atoms with Gasteiger partial charge < -0.3 is 20.7 Å². The zero-order chi connectivity index (χ0) is 30.6. The van der Waals surface area contributed by atoms with Crippen LogP contribution in [-0.4, -0.2) is 55.5 Å². The molecule has 3 aromatic carbocycles. The number of amides is 3. The van der Waals surface area contributed by atoms with E-state index in [1.54, 1.807) is 32.0 Å². The lowest BCUT2D eigenvalue weighted by Gasteiger charge is -2.22. The minimum atomic E-state index is -0.901. The highest BCUT2D eigenvalue weighted by Crippen LogP contribution is 2.25. The van der Waals surface area contributed by atoms with E-state index in [-0.39, 0.29) is 37.1 Å². The topological polar surface area (TPSA) is 131 Å². The molecule has 0 saturated heterocycles. The van der Waals surface area contributed by atoms with Crippen LogP contribution in [0.4, 0.5) is 0 Å². The Hall–Kier alpha value is -4.79. The van der Waals surface area contributed by atoms with Crippen LogP contribution in [0, 0.1) is 5.92 Å². The Morgan fingerprint density at radius 2 is 1.31 bits per heavy atom. The van der Waals surface area contributed by atoms with Crippen LogP contribution in [0.3, 0.4) is 0 Å². The Morgan fingerprint density at radius 1 is 0.762 bits per heavy atom. The third kappa shape index (κ3) is 8.86. The SMILES string of the molecule is COc1ccc(C(C)=O)cc1CC(=O)NC(C(=O)NCC(=O)CNC(=O)C(c1ccccc1)c1ccccc1)C(C)C. The molecule has 9 heteroatoms. The van der Waals surface area contributed by atoms with Crippen molar-refractivity contribution in [2.45, 2.75) is 39.2 Å². The lowest BCUT2D eigenvalue weighted by Crippen LogP contribution is -2.51. The summed E-state index contributed by atoms with van der Waals surface area (Å²) in [6.45, 7) is 4.41. The predicted molar refractivity (Wildman–Crippen MR) is 159 cm³/mol. The molecule has 1 atom stereocenters. The van der Waals surface area contributed by atoms with E-state index in [0.29, 0.717) is 16.9 Å². The molecule has 3 rings (SSSR count). The summed E-state index contributed by atoms with van der Waals surface area (Å²) in [6, 6.07) is 22.5. The summed E-state index contributed by atoms with van der Waals surface area (Å²) in [6.07, 6.45) is -0.101. The van der Waals surface area contributed by atoms with Gasteiger partial charge in [-0.2, -0.15) is 0 Å². The van der Waals surface area contributed by atoms with Crippen LogP contribution >= 0.6 is 0 Å². The van der Waals surface area contributed by atoms with Crippen molar-refractivity contribution in [1.29, 1.82) is 0 Å². The lowest BCUT2D eigenvalue weighted by molar-refractivity contribution is -0.131. The smallest absolute Gasteiger partial charge is 0.243 e. The molecule has 0 saturated carbocycles. The first-order valence-corrected chi connectivity index (χ1v) is 13.7. The third-order valence-corrected chi connectivity index (χ3v) is 6.75. The average Bonchev–Trinajstić information content (AvgIpc) is 2.98. The molecule has 0 heterocycles. The molecule has 0 radical (unpaired) electrons. The molecule has 0 aromatic heterocycles. The van der Waals surface area contributed by atoms with Crippen molar-refractivity contribution in [2.24, 2.45) is 5.92 Å². The molecule has 0 spiro atoms. The van der Waals surface area contributed by atoms with Gasteiger partial charge in [0.1, 0.15) is 11.8 Å². The summed E-state index contributed by atoms with van der Waals surface area (Å²) < 4.78 is 5.31. The molecular formula is C33H37N3O6. The second kappa shape index (κ2) is 15.3. The van der Waals surface area contributed by atoms with E-state index >= 15 is 0 Å². The maximum atomic E-state index is 13.1. The second-order valence-corrected chi connectivity index (χ2v) is 10.3. The lowest BCUT2D eigenvalue weighted by atomic mass is 9.90. The van der Waals surface area contributed by atoms with Gasteiger partial charge >= 0.3 is 0 Å². The summed E-state index contributed by atoms with van der Waals surface area (Å²) in [5.41, 5.74) is 2.55. The molecule has 220 valence electrons. The van der Waals surface area contributed by atoms with Crippen LogP contribution in [0.1, 0.15) is 53.7 Å². The van der Waals surface area contributed by atoms with Gasteiger partial charge in [0.05, 0.1) is 32.5 Å². The van der Waals surface area contributed by atoms with Crippen molar-refractivity contribution in [1.82, 2.24) is 16.0 Å². The normalized spacial score (nSPS) is 11.5. The van der Waals surface area contributed by atoms with Gasteiger partial charge in [0, 0.05) is 11.1 Å². The van der Waals surface area contributed by atoms with Gasteiger partial charge in [-0.15, -0.1) is 0 Å². The van der Waals surface area contributed by atoms with Gasteiger partial charge in [0.15, 0.2) is 11.6 Å². The standard InChI is InChI=1S/C33H37N3O6/c1-21(2)31(36-29(39)18-26-17-25(22(3)37)15-16-28(26)42-4)33(41)35-20-27(38)19-34-32(40)30(23-11-7-5-8-12-23)24-13-9-6-10-14-24/h5-17,21,30-31H,18-20H2,1-4H3,(H,34,40)(H,35,41)(H,36,39). The minimum absolute atomic E-state index is 0.101. The Balaban J connectivity index is 1.56. The van der Waals surface area contributed by atoms with Crippen molar-refractivity contribution < 1.29 is 28.7 Å². The van der Waals surface area contributed by atoms with Gasteiger partial charge in [-0.05, 0) is 42.2 Å². The van der Waals surface area contributed by atoms with E-state index in [1.807, 2.05) is 60.7 Å². The number of ketones is 2. The maximum absolute atomic E-state index is 13.1. The highest BCUT2D eigenvalue weighted by molar-refractivity contribution is 5.96. The van der Waals surface area contributed by atoms with Gasteiger partial charge in [-0.25, -0.2) is 0 Å². The molecule has 0 aliphatic heterocycles. The first-order valence-electron chi connectivity index (χ1n) is 13.7. The molecular weight excluding hydrogens is 534 g/mol. The fraction of sp³-hybridized carbons (Fsp3) is 0.303. The van der Waals surface area contributed by atoms with Crippen LogP contribution < -0.4 is 20.7 Å². The molecule has 0 aliphatic rings. The number of benzene rings is 3. The molecule has 3 N–H and O–H groups in total. The predicted octanol–water partition coefficient (Wildman–Crippen LogP) is 3.21. The molecule has 1 unspecified atom stereocenters. The first-order chi connectivity index (χ1) is 20.1. The first kappa shape index (κ1) is 31.7. The minimum Gasteiger partial charge on any atom is -0.496 e. The van der Waals surface area contributed by atoms with Crippen LogP contribution in [0.25, 0.3) is 0 Å². The summed E-state index contributed by atoms with van der Waals surface area (Å²) in [5, 5.41) is 7.98. The van der Waals surface area contributed by atoms with E-state index in [9.17, 15) is 24.0 Å². The van der Waals surface area contributed by atoms with Crippen LogP contribution in [0.15, 0.2) is 78.9 Å². The zero-order valence-electron chi connectivity index (χ0n) is 24.3.